The van der Waals surface area contributed by atoms with E-state index in [1.807, 2.05) is 24.3 Å². The molecule has 1 heterocycles. The number of carbonyl (C=O) groups excluding carboxylic acids is 3. The second kappa shape index (κ2) is 10.9. The van der Waals surface area contributed by atoms with Gasteiger partial charge in [0.2, 0.25) is 5.91 Å². The average Bonchev–Trinajstić information content (AvgIpc) is 3.06. The van der Waals surface area contributed by atoms with E-state index in [1.165, 1.54) is 18.2 Å². The molecule has 1 fully saturated rings. The molecule has 9 heteroatoms. The summed E-state index contributed by atoms with van der Waals surface area (Å²) in [6.45, 7) is 1.94. The van der Waals surface area contributed by atoms with Crippen LogP contribution in [0.4, 0.5) is 9.18 Å². The Morgan fingerprint density at radius 1 is 1.22 bits per heavy atom. The number of amides is 3. The van der Waals surface area contributed by atoms with Crippen molar-refractivity contribution >= 4 is 34.9 Å². The van der Waals surface area contributed by atoms with E-state index in [2.05, 4.69) is 5.32 Å². The Balaban J connectivity index is 1.47. The first-order chi connectivity index (χ1) is 15.4. The van der Waals surface area contributed by atoms with Gasteiger partial charge in [-0.2, -0.15) is 0 Å². The van der Waals surface area contributed by atoms with Crippen molar-refractivity contribution in [2.45, 2.75) is 19.6 Å². The molecule has 1 aliphatic rings. The number of carbonyl (C=O) groups is 3. The Morgan fingerprint density at radius 3 is 2.75 bits per heavy atom. The largest absolute Gasteiger partial charge is 0.497 e. The number of hydrogen-bond acceptors (Lipinski definition) is 6. The van der Waals surface area contributed by atoms with Crippen molar-refractivity contribution in [2.24, 2.45) is 0 Å². The fourth-order valence-corrected chi connectivity index (χ4v) is 3.78. The first-order valence-corrected chi connectivity index (χ1v) is 10.7. The second-order valence-corrected chi connectivity index (χ2v) is 7.94. The van der Waals surface area contributed by atoms with Crippen LogP contribution in [-0.4, -0.2) is 48.3 Å². The standard InChI is InChI=1S/C23H23FN2O5S/c1-15(31-14-16-6-5-8-18(12-16)30-2)21(27)25-10-11-26-22(28)20(32-23(26)29)13-17-7-3-4-9-19(17)24/h3-9,12-13,15H,10-11,14H2,1-2H3,(H,25,27)/b20-13-. The van der Waals surface area contributed by atoms with Crippen LogP contribution in [0.2, 0.25) is 0 Å². The molecule has 3 rings (SSSR count). The second-order valence-electron chi connectivity index (χ2n) is 6.95. The van der Waals surface area contributed by atoms with Crippen LogP contribution in [0, 0.1) is 5.82 Å². The lowest BCUT2D eigenvalue weighted by Crippen LogP contribution is -2.41. The van der Waals surface area contributed by atoms with Gasteiger partial charge in [-0.05, 0) is 48.5 Å². The molecule has 0 saturated carbocycles. The molecule has 0 aromatic heterocycles. The SMILES string of the molecule is COc1cccc(COC(C)C(=O)NCCN2C(=O)S/C(=C\c3ccccc3F)C2=O)c1. The molecule has 0 aliphatic carbocycles. The number of rotatable bonds is 9. The molecule has 7 nitrogen and oxygen atoms in total. The summed E-state index contributed by atoms with van der Waals surface area (Å²) in [5, 5.41) is 2.20. The van der Waals surface area contributed by atoms with Crippen LogP contribution < -0.4 is 10.1 Å². The lowest BCUT2D eigenvalue weighted by molar-refractivity contribution is -0.132. The number of nitrogens with zero attached hydrogens (tertiary/aromatic N) is 1. The number of imide groups is 1. The molecule has 32 heavy (non-hydrogen) atoms. The van der Waals surface area contributed by atoms with Crippen LogP contribution in [0.1, 0.15) is 18.1 Å². The van der Waals surface area contributed by atoms with Crippen LogP contribution >= 0.6 is 11.8 Å². The summed E-state index contributed by atoms with van der Waals surface area (Å²) >= 11 is 0.743. The maximum absolute atomic E-state index is 13.8. The molecule has 2 aromatic carbocycles. The van der Waals surface area contributed by atoms with Crippen molar-refractivity contribution in [3.63, 3.8) is 0 Å². The van der Waals surface area contributed by atoms with Gasteiger partial charge < -0.3 is 14.8 Å². The van der Waals surface area contributed by atoms with Crippen molar-refractivity contribution in [3.05, 3.63) is 70.4 Å². The van der Waals surface area contributed by atoms with Gasteiger partial charge in [0, 0.05) is 18.7 Å². The Bertz CT molecular complexity index is 1040. The number of hydrogen-bond donors (Lipinski definition) is 1. The molecular weight excluding hydrogens is 435 g/mol. The summed E-state index contributed by atoms with van der Waals surface area (Å²) in [4.78, 5) is 38.1. The number of halogens is 1. The number of thioether (sulfide) groups is 1. The molecule has 168 valence electrons. The van der Waals surface area contributed by atoms with E-state index >= 15 is 0 Å². The van der Waals surface area contributed by atoms with Gasteiger partial charge >= 0.3 is 0 Å². The van der Waals surface area contributed by atoms with E-state index in [-0.39, 0.29) is 36.1 Å². The predicted molar refractivity (Wildman–Crippen MR) is 119 cm³/mol. The maximum atomic E-state index is 13.8. The van der Waals surface area contributed by atoms with Crippen LogP contribution in [0.5, 0.6) is 5.75 Å². The molecule has 1 atom stereocenters. The maximum Gasteiger partial charge on any atom is 0.293 e. The van der Waals surface area contributed by atoms with E-state index in [0.717, 1.165) is 22.2 Å². The van der Waals surface area contributed by atoms with Crippen molar-refractivity contribution < 1.29 is 28.2 Å². The van der Waals surface area contributed by atoms with E-state index in [9.17, 15) is 18.8 Å². The number of ether oxygens (including phenoxy) is 2. The minimum atomic E-state index is -0.725. The van der Waals surface area contributed by atoms with Crippen LogP contribution in [-0.2, 0) is 20.9 Å². The highest BCUT2D eigenvalue weighted by atomic mass is 32.2. The van der Waals surface area contributed by atoms with Gasteiger partial charge in [-0.3, -0.25) is 19.3 Å². The van der Waals surface area contributed by atoms with Gasteiger partial charge in [0.1, 0.15) is 17.7 Å². The van der Waals surface area contributed by atoms with Crippen molar-refractivity contribution in [2.75, 3.05) is 20.2 Å². The summed E-state index contributed by atoms with van der Waals surface area (Å²) in [7, 11) is 1.57. The van der Waals surface area contributed by atoms with E-state index in [4.69, 9.17) is 9.47 Å². The average molecular weight is 459 g/mol. The zero-order valence-corrected chi connectivity index (χ0v) is 18.5. The monoisotopic (exact) mass is 458 g/mol. The third kappa shape index (κ3) is 5.95. The molecule has 0 radical (unpaired) electrons. The van der Waals surface area contributed by atoms with Crippen molar-refractivity contribution in [3.8, 4) is 5.75 Å². The summed E-state index contributed by atoms with van der Waals surface area (Å²) in [6, 6.07) is 13.3. The first-order valence-electron chi connectivity index (χ1n) is 9.91. The number of benzene rings is 2. The fourth-order valence-electron chi connectivity index (χ4n) is 2.92. The van der Waals surface area contributed by atoms with Crippen LogP contribution in [0.25, 0.3) is 6.08 Å². The topological polar surface area (TPSA) is 84.9 Å². The smallest absolute Gasteiger partial charge is 0.293 e. The first kappa shape index (κ1) is 23.5. The highest BCUT2D eigenvalue weighted by Crippen LogP contribution is 2.32. The highest BCUT2D eigenvalue weighted by molar-refractivity contribution is 8.18. The van der Waals surface area contributed by atoms with Crippen molar-refractivity contribution in [1.82, 2.24) is 10.2 Å². The van der Waals surface area contributed by atoms with E-state index in [0.29, 0.717) is 5.75 Å². The molecular formula is C23H23FN2O5S. The summed E-state index contributed by atoms with van der Waals surface area (Å²) in [6.07, 6.45) is 0.630. The Morgan fingerprint density at radius 2 is 2.00 bits per heavy atom. The summed E-state index contributed by atoms with van der Waals surface area (Å²) in [5.74, 6) is -0.652. The summed E-state index contributed by atoms with van der Waals surface area (Å²) in [5.41, 5.74) is 1.09. The Labute approximate surface area is 189 Å². The third-order valence-corrected chi connectivity index (χ3v) is 5.61. The van der Waals surface area contributed by atoms with E-state index in [1.54, 1.807) is 26.2 Å². The number of nitrogens with one attached hydrogen (secondary N) is 1. The van der Waals surface area contributed by atoms with Gasteiger partial charge in [0.15, 0.2) is 0 Å². The minimum absolute atomic E-state index is 0.00756. The molecule has 1 saturated heterocycles. The summed E-state index contributed by atoms with van der Waals surface area (Å²) < 4.78 is 24.6. The molecule has 3 amide bonds. The van der Waals surface area contributed by atoms with Gasteiger partial charge in [-0.25, -0.2) is 4.39 Å². The Hall–Kier alpha value is -3.17. The van der Waals surface area contributed by atoms with Gasteiger partial charge in [-0.1, -0.05) is 30.3 Å². The zero-order chi connectivity index (χ0) is 23.1. The molecule has 0 spiro atoms. The quantitative estimate of drug-likeness (QED) is 0.578. The van der Waals surface area contributed by atoms with Crippen LogP contribution in [0.3, 0.4) is 0 Å². The molecule has 2 aromatic rings. The van der Waals surface area contributed by atoms with Gasteiger partial charge in [-0.15, -0.1) is 0 Å². The molecule has 1 N–H and O–H groups in total. The minimum Gasteiger partial charge on any atom is -0.497 e. The number of methoxy groups -OCH3 is 1. The normalized spacial score (nSPS) is 15.8. The lowest BCUT2D eigenvalue weighted by atomic mass is 10.2. The predicted octanol–water partition coefficient (Wildman–Crippen LogP) is 3.59. The van der Waals surface area contributed by atoms with Gasteiger partial charge in [0.25, 0.3) is 11.1 Å². The van der Waals surface area contributed by atoms with E-state index < -0.39 is 23.1 Å². The molecule has 1 aliphatic heterocycles. The molecule has 1 unspecified atom stereocenters. The Kier molecular flexibility index (Phi) is 8.02. The van der Waals surface area contributed by atoms with Crippen LogP contribution in [0.15, 0.2) is 53.4 Å². The van der Waals surface area contributed by atoms with Crippen molar-refractivity contribution in [1.29, 1.82) is 0 Å². The highest BCUT2D eigenvalue weighted by Gasteiger charge is 2.34. The third-order valence-electron chi connectivity index (χ3n) is 4.70. The zero-order valence-electron chi connectivity index (χ0n) is 17.7. The molecule has 0 bridgehead atoms. The fraction of sp³-hybridized carbons (Fsp3) is 0.261. The lowest BCUT2D eigenvalue weighted by Gasteiger charge is -2.16. The van der Waals surface area contributed by atoms with Gasteiger partial charge in [0.05, 0.1) is 18.6 Å².